The van der Waals surface area contributed by atoms with Gasteiger partial charge in [-0.25, -0.2) is 0 Å². The molecule has 0 aliphatic rings. The van der Waals surface area contributed by atoms with E-state index in [2.05, 4.69) is 10.5 Å². The highest BCUT2D eigenvalue weighted by Crippen LogP contribution is 2.20. The molecule has 0 atom stereocenters. The summed E-state index contributed by atoms with van der Waals surface area (Å²) in [6.45, 7) is 0.792. The summed E-state index contributed by atoms with van der Waals surface area (Å²) in [6.07, 6.45) is 0.166. The van der Waals surface area contributed by atoms with Gasteiger partial charge in [-0.2, -0.15) is 0 Å². The van der Waals surface area contributed by atoms with Crippen LogP contribution in [0.25, 0.3) is 11.3 Å². The molecule has 134 valence electrons. The Hall–Kier alpha value is -3.28. The van der Waals surface area contributed by atoms with Crippen LogP contribution in [-0.4, -0.2) is 31.3 Å². The summed E-state index contributed by atoms with van der Waals surface area (Å²) in [7, 11) is 1.61. The number of nitrogens with zero attached hydrogens (tertiary/aromatic N) is 1. The number of rotatable bonds is 8. The maximum absolute atomic E-state index is 12.0. The van der Waals surface area contributed by atoms with Gasteiger partial charge in [0.2, 0.25) is 5.91 Å². The number of nitrogens with one attached hydrogen (secondary N) is 1. The van der Waals surface area contributed by atoms with E-state index in [0.29, 0.717) is 24.6 Å². The van der Waals surface area contributed by atoms with Gasteiger partial charge in [0.05, 0.1) is 25.8 Å². The van der Waals surface area contributed by atoms with E-state index < -0.39 is 0 Å². The van der Waals surface area contributed by atoms with E-state index >= 15 is 0 Å². The highest BCUT2D eigenvalue weighted by molar-refractivity contribution is 5.78. The van der Waals surface area contributed by atoms with Crippen molar-refractivity contribution in [3.05, 3.63) is 66.4 Å². The SMILES string of the molecule is COc1ccc(OCCNC(=O)Cc2cc(-c3ccccc3)on2)cc1. The number of hydrogen-bond acceptors (Lipinski definition) is 5. The molecule has 0 radical (unpaired) electrons. The number of ether oxygens (including phenoxy) is 2. The normalized spacial score (nSPS) is 10.3. The van der Waals surface area contributed by atoms with Crippen LogP contribution in [0.1, 0.15) is 5.69 Å². The molecule has 1 amide bonds. The first-order chi connectivity index (χ1) is 12.7. The molecule has 0 unspecified atom stereocenters. The van der Waals surface area contributed by atoms with Gasteiger partial charge >= 0.3 is 0 Å². The largest absolute Gasteiger partial charge is 0.497 e. The molecule has 1 aromatic heterocycles. The van der Waals surface area contributed by atoms with Gasteiger partial charge < -0.3 is 19.3 Å². The highest BCUT2D eigenvalue weighted by Gasteiger charge is 2.10. The van der Waals surface area contributed by atoms with E-state index in [4.69, 9.17) is 14.0 Å². The zero-order valence-corrected chi connectivity index (χ0v) is 14.5. The summed E-state index contributed by atoms with van der Waals surface area (Å²) in [5, 5.41) is 6.75. The second-order valence-corrected chi connectivity index (χ2v) is 5.60. The third-order valence-electron chi connectivity index (χ3n) is 3.71. The fourth-order valence-corrected chi connectivity index (χ4v) is 2.39. The minimum atomic E-state index is -0.128. The summed E-state index contributed by atoms with van der Waals surface area (Å²) >= 11 is 0. The summed E-state index contributed by atoms with van der Waals surface area (Å²) < 4.78 is 15.9. The van der Waals surface area contributed by atoms with Crippen molar-refractivity contribution in [2.75, 3.05) is 20.3 Å². The predicted molar refractivity (Wildman–Crippen MR) is 97.1 cm³/mol. The predicted octanol–water partition coefficient (Wildman–Crippen LogP) is 3.09. The van der Waals surface area contributed by atoms with E-state index in [1.807, 2.05) is 54.6 Å². The Labute approximate surface area is 151 Å². The van der Waals surface area contributed by atoms with Crippen LogP contribution in [0.2, 0.25) is 0 Å². The van der Waals surface area contributed by atoms with Crippen LogP contribution in [0.4, 0.5) is 0 Å². The van der Waals surface area contributed by atoms with E-state index in [0.717, 1.165) is 17.1 Å². The summed E-state index contributed by atoms with van der Waals surface area (Å²) in [4.78, 5) is 12.0. The van der Waals surface area contributed by atoms with Gasteiger partial charge in [0, 0.05) is 11.6 Å². The number of carbonyl (C=O) groups excluding carboxylic acids is 1. The number of hydrogen-bond donors (Lipinski definition) is 1. The maximum atomic E-state index is 12.0. The first-order valence-corrected chi connectivity index (χ1v) is 8.29. The maximum Gasteiger partial charge on any atom is 0.226 e. The van der Waals surface area contributed by atoms with Crippen molar-refractivity contribution in [1.29, 1.82) is 0 Å². The standard InChI is InChI=1S/C20H20N2O4/c1-24-17-7-9-18(10-8-17)25-12-11-21-20(23)14-16-13-19(26-22-16)15-5-3-2-4-6-15/h2-10,13H,11-12,14H2,1H3,(H,21,23). The van der Waals surface area contributed by atoms with Crippen molar-refractivity contribution >= 4 is 5.91 Å². The van der Waals surface area contributed by atoms with Crippen LogP contribution >= 0.6 is 0 Å². The van der Waals surface area contributed by atoms with Gasteiger partial charge in [-0.15, -0.1) is 0 Å². The average Bonchev–Trinajstić information content (AvgIpc) is 3.15. The van der Waals surface area contributed by atoms with Gasteiger partial charge in [-0.1, -0.05) is 35.5 Å². The molecule has 1 heterocycles. The van der Waals surface area contributed by atoms with Crippen molar-refractivity contribution in [3.63, 3.8) is 0 Å². The Balaban J connectivity index is 1.41. The Morgan fingerprint density at radius 1 is 1.08 bits per heavy atom. The lowest BCUT2D eigenvalue weighted by Gasteiger charge is -2.08. The molecule has 2 aromatic carbocycles. The molecular weight excluding hydrogens is 332 g/mol. The van der Waals surface area contributed by atoms with Gasteiger partial charge in [0.15, 0.2) is 5.76 Å². The minimum Gasteiger partial charge on any atom is -0.497 e. The Morgan fingerprint density at radius 3 is 2.54 bits per heavy atom. The molecule has 0 spiro atoms. The monoisotopic (exact) mass is 352 g/mol. The van der Waals surface area contributed by atoms with Crippen molar-refractivity contribution < 1.29 is 18.8 Å². The molecule has 1 N–H and O–H groups in total. The van der Waals surface area contributed by atoms with Gasteiger partial charge in [0.1, 0.15) is 18.1 Å². The second kappa shape index (κ2) is 8.71. The molecule has 0 aliphatic heterocycles. The topological polar surface area (TPSA) is 73.6 Å². The van der Waals surface area contributed by atoms with Crippen LogP contribution in [0, 0.1) is 0 Å². The molecule has 0 bridgehead atoms. The number of carbonyl (C=O) groups is 1. The first kappa shape index (κ1) is 17.5. The fraction of sp³-hybridized carbons (Fsp3) is 0.200. The third kappa shape index (κ3) is 4.86. The van der Waals surface area contributed by atoms with Crippen molar-refractivity contribution in [3.8, 4) is 22.8 Å². The van der Waals surface area contributed by atoms with Crippen molar-refractivity contribution in [1.82, 2.24) is 10.5 Å². The quantitative estimate of drug-likeness (QED) is 0.631. The number of benzene rings is 2. The molecule has 26 heavy (non-hydrogen) atoms. The third-order valence-corrected chi connectivity index (χ3v) is 3.71. The van der Waals surface area contributed by atoms with Gasteiger partial charge in [0.25, 0.3) is 0 Å². The molecule has 0 saturated carbocycles. The fourth-order valence-electron chi connectivity index (χ4n) is 2.39. The summed E-state index contributed by atoms with van der Waals surface area (Å²) in [5.74, 6) is 2.02. The average molecular weight is 352 g/mol. The van der Waals surface area contributed by atoms with E-state index in [-0.39, 0.29) is 12.3 Å². The molecule has 0 saturated heterocycles. The van der Waals surface area contributed by atoms with Crippen LogP contribution in [0.3, 0.4) is 0 Å². The second-order valence-electron chi connectivity index (χ2n) is 5.60. The smallest absolute Gasteiger partial charge is 0.226 e. The molecular formula is C20H20N2O4. The Morgan fingerprint density at radius 2 is 1.81 bits per heavy atom. The number of methoxy groups -OCH3 is 1. The highest BCUT2D eigenvalue weighted by atomic mass is 16.5. The van der Waals surface area contributed by atoms with E-state index in [1.165, 1.54) is 0 Å². The number of aromatic nitrogens is 1. The minimum absolute atomic E-state index is 0.128. The molecule has 3 aromatic rings. The Kier molecular flexibility index (Phi) is 5.88. The van der Waals surface area contributed by atoms with Crippen molar-refractivity contribution in [2.45, 2.75) is 6.42 Å². The van der Waals surface area contributed by atoms with Gasteiger partial charge in [-0.05, 0) is 24.3 Å². The molecule has 6 heteroatoms. The van der Waals surface area contributed by atoms with Crippen LogP contribution in [0.5, 0.6) is 11.5 Å². The van der Waals surface area contributed by atoms with Crippen molar-refractivity contribution in [2.24, 2.45) is 0 Å². The Bertz CT molecular complexity index is 829. The molecule has 6 nitrogen and oxygen atoms in total. The van der Waals surface area contributed by atoms with Crippen LogP contribution < -0.4 is 14.8 Å². The molecule has 0 fully saturated rings. The summed E-state index contributed by atoms with van der Waals surface area (Å²) in [5.41, 5.74) is 1.52. The zero-order chi connectivity index (χ0) is 18.2. The van der Waals surface area contributed by atoms with E-state index in [1.54, 1.807) is 13.2 Å². The van der Waals surface area contributed by atoms with E-state index in [9.17, 15) is 4.79 Å². The lowest BCUT2D eigenvalue weighted by atomic mass is 10.1. The zero-order valence-electron chi connectivity index (χ0n) is 14.5. The van der Waals surface area contributed by atoms with Gasteiger partial charge in [-0.3, -0.25) is 4.79 Å². The lowest BCUT2D eigenvalue weighted by Crippen LogP contribution is -2.29. The lowest BCUT2D eigenvalue weighted by molar-refractivity contribution is -0.120. The first-order valence-electron chi connectivity index (χ1n) is 8.29. The molecule has 3 rings (SSSR count). The summed E-state index contributed by atoms with van der Waals surface area (Å²) in [6, 6.07) is 18.7. The van der Waals surface area contributed by atoms with Crippen LogP contribution in [0.15, 0.2) is 65.2 Å². The number of amides is 1. The van der Waals surface area contributed by atoms with Crippen LogP contribution in [-0.2, 0) is 11.2 Å². The molecule has 0 aliphatic carbocycles.